The van der Waals surface area contributed by atoms with E-state index >= 15 is 0 Å². The lowest BCUT2D eigenvalue weighted by Crippen LogP contribution is -2.45. The Morgan fingerprint density at radius 2 is 2.11 bits per heavy atom. The fourth-order valence-corrected chi connectivity index (χ4v) is 3.64. The Kier molecular flexibility index (Phi) is 8.72. The molecular weight excluding hydrogens is 340 g/mol. The number of hydrogen-bond acceptors (Lipinski definition) is 4. The van der Waals surface area contributed by atoms with Crippen LogP contribution in [-0.4, -0.2) is 68.7 Å². The number of likely N-dealkylation sites (N-methyl/N-ethyl adjacent to an activating group) is 2. The van der Waals surface area contributed by atoms with Gasteiger partial charge in [-0.1, -0.05) is 13.0 Å². The molecule has 1 saturated heterocycles. The van der Waals surface area contributed by atoms with Crippen molar-refractivity contribution >= 4 is 5.96 Å². The highest BCUT2D eigenvalue weighted by molar-refractivity contribution is 5.79. The van der Waals surface area contributed by atoms with Gasteiger partial charge in [0.15, 0.2) is 17.5 Å². The van der Waals surface area contributed by atoms with Crippen molar-refractivity contribution in [1.29, 1.82) is 0 Å². The van der Waals surface area contributed by atoms with Crippen LogP contribution < -0.4 is 14.8 Å². The Bertz CT molecular complexity index is 606. The van der Waals surface area contributed by atoms with Crippen molar-refractivity contribution in [2.24, 2.45) is 4.99 Å². The molecule has 1 fully saturated rings. The van der Waals surface area contributed by atoms with Crippen molar-refractivity contribution in [1.82, 2.24) is 15.1 Å². The lowest BCUT2D eigenvalue weighted by Gasteiger charge is -2.29. The van der Waals surface area contributed by atoms with Gasteiger partial charge in [0, 0.05) is 26.2 Å². The number of hydrogen-bond donors (Lipinski definition) is 1. The van der Waals surface area contributed by atoms with Crippen LogP contribution in [0, 0.1) is 0 Å². The zero-order chi connectivity index (χ0) is 19.6. The normalized spacial score (nSPS) is 17.8. The van der Waals surface area contributed by atoms with Crippen LogP contribution in [0.3, 0.4) is 0 Å². The smallest absolute Gasteiger partial charge is 0.194 e. The van der Waals surface area contributed by atoms with E-state index in [-0.39, 0.29) is 0 Å². The van der Waals surface area contributed by atoms with Gasteiger partial charge < -0.3 is 19.7 Å². The molecule has 0 amide bonds. The zero-order valence-corrected chi connectivity index (χ0v) is 17.6. The number of rotatable bonds is 9. The first-order chi connectivity index (χ1) is 13.1. The molecule has 0 radical (unpaired) electrons. The molecule has 0 saturated carbocycles. The lowest BCUT2D eigenvalue weighted by molar-refractivity contribution is 0.232. The molecule has 1 heterocycles. The average molecular weight is 377 g/mol. The van der Waals surface area contributed by atoms with Crippen molar-refractivity contribution in [2.45, 2.75) is 46.2 Å². The molecule has 1 aliphatic rings. The van der Waals surface area contributed by atoms with Gasteiger partial charge in [-0.2, -0.15) is 0 Å². The predicted octanol–water partition coefficient (Wildman–Crippen LogP) is 2.98. The minimum atomic E-state index is 0.610. The number of aliphatic imine (C=N–C) groups is 1. The van der Waals surface area contributed by atoms with Crippen LogP contribution in [0.5, 0.6) is 11.5 Å². The van der Waals surface area contributed by atoms with E-state index in [2.05, 4.69) is 36.0 Å². The topological polar surface area (TPSA) is 49.3 Å². The molecule has 152 valence electrons. The molecule has 1 N–H and O–H groups in total. The highest BCUT2D eigenvalue weighted by Crippen LogP contribution is 2.28. The van der Waals surface area contributed by atoms with E-state index in [1.165, 1.54) is 19.4 Å². The molecule has 0 spiro atoms. The fraction of sp³-hybridized carbons (Fsp3) is 0.667. The van der Waals surface area contributed by atoms with E-state index < -0.39 is 0 Å². The average Bonchev–Trinajstić information content (AvgIpc) is 3.12. The first-order valence-electron chi connectivity index (χ1n) is 10.2. The second-order valence-corrected chi connectivity index (χ2v) is 6.89. The second-order valence-electron chi connectivity index (χ2n) is 6.89. The SMILES string of the molecule is CCNC(=NCc1ccc(OC)c(OCC)c1)N(C)CC1CCCN1CC. The van der Waals surface area contributed by atoms with Gasteiger partial charge in [-0.05, 0) is 57.5 Å². The van der Waals surface area contributed by atoms with Gasteiger partial charge in [-0.15, -0.1) is 0 Å². The summed E-state index contributed by atoms with van der Waals surface area (Å²) in [6.45, 7) is 11.8. The number of likely N-dealkylation sites (tertiary alicyclic amines) is 1. The number of ether oxygens (including phenoxy) is 2. The summed E-state index contributed by atoms with van der Waals surface area (Å²) in [5.74, 6) is 2.49. The molecule has 27 heavy (non-hydrogen) atoms. The van der Waals surface area contributed by atoms with Crippen molar-refractivity contribution < 1.29 is 9.47 Å². The summed E-state index contributed by atoms with van der Waals surface area (Å²) in [7, 11) is 3.80. The van der Waals surface area contributed by atoms with E-state index in [9.17, 15) is 0 Å². The maximum Gasteiger partial charge on any atom is 0.194 e. The highest BCUT2D eigenvalue weighted by Gasteiger charge is 2.24. The minimum Gasteiger partial charge on any atom is -0.493 e. The summed E-state index contributed by atoms with van der Waals surface area (Å²) in [5, 5.41) is 3.42. The van der Waals surface area contributed by atoms with Crippen molar-refractivity contribution in [3.63, 3.8) is 0 Å². The van der Waals surface area contributed by atoms with Crippen LogP contribution >= 0.6 is 0 Å². The Morgan fingerprint density at radius 1 is 1.30 bits per heavy atom. The minimum absolute atomic E-state index is 0.610. The number of benzene rings is 1. The summed E-state index contributed by atoms with van der Waals surface area (Å²) in [4.78, 5) is 9.68. The number of nitrogens with one attached hydrogen (secondary N) is 1. The fourth-order valence-electron chi connectivity index (χ4n) is 3.64. The molecule has 1 aliphatic heterocycles. The van der Waals surface area contributed by atoms with E-state index in [4.69, 9.17) is 14.5 Å². The highest BCUT2D eigenvalue weighted by atomic mass is 16.5. The summed E-state index contributed by atoms with van der Waals surface area (Å²) >= 11 is 0. The van der Waals surface area contributed by atoms with Gasteiger partial charge in [0.2, 0.25) is 0 Å². The molecule has 1 unspecified atom stereocenters. The summed E-state index contributed by atoms with van der Waals surface area (Å²) in [6.07, 6.45) is 2.57. The monoisotopic (exact) mass is 376 g/mol. The van der Waals surface area contributed by atoms with E-state index in [0.29, 0.717) is 19.2 Å². The van der Waals surface area contributed by atoms with E-state index in [1.807, 2.05) is 25.1 Å². The van der Waals surface area contributed by atoms with Gasteiger partial charge in [0.05, 0.1) is 20.3 Å². The molecule has 6 heteroatoms. The van der Waals surface area contributed by atoms with Crippen LogP contribution in [0.1, 0.15) is 39.2 Å². The lowest BCUT2D eigenvalue weighted by atomic mass is 10.2. The standard InChI is InChI=1S/C21H36N4O2/c1-6-22-21(24(4)16-18-10-9-13-25(18)7-2)23-15-17-11-12-19(26-5)20(14-17)27-8-3/h11-12,14,18H,6-10,13,15-16H2,1-5H3,(H,22,23). The van der Waals surface area contributed by atoms with Crippen LogP contribution in [-0.2, 0) is 6.54 Å². The van der Waals surface area contributed by atoms with Gasteiger partial charge in [-0.3, -0.25) is 4.90 Å². The quantitative estimate of drug-likeness (QED) is 0.530. The summed E-state index contributed by atoms with van der Waals surface area (Å²) in [5.41, 5.74) is 1.11. The number of guanidine groups is 1. The van der Waals surface area contributed by atoms with Gasteiger partial charge >= 0.3 is 0 Å². The van der Waals surface area contributed by atoms with Gasteiger partial charge in [0.25, 0.3) is 0 Å². The third kappa shape index (κ3) is 6.03. The van der Waals surface area contributed by atoms with Gasteiger partial charge in [0.1, 0.15) is 0 Å². The van der Waals surface area contributed by atoms with Crippen LogP contribution in [0.2, 0.25) is 0 Å². The molecule has 2 rings (SSSR count). The van der Waals surface area contributed by atoms with Crippen LogP contribution in [0.4, 0.5) is 0 Å². The van der Waals surface area contributed by atoms with Gasteiger partial charge in [-0.25, -0.2) is 4.99 Å². The Balaban J connectivity index is 2.06. The van der Waals surface area contributed by atoms with Crippen molar-refractivity contribution in [3.05, 3.63) is 23.8 Å². The maximum absolute atomic E-state index is 5.68. The zero-order valence-electron chi connectivity index (χ0n) is 17.6. The van der Waals surface area contributed by atoms with Crippen molar-refractivity contribution in [3.8, 4) is 11.5 Å². The molecule has 6 nitrogen and oxygen atoms in total. The molecule has 0 aliphatic carbocycles. The summed E-state index contributed by atoms with van der Waals surface area (Å²) in [6, 6.07) is 6.63. The molecule has 1 atom stereocenters. The number of methoxy groups -OCH3 is 1. The molecule has 1 aromatic carbocycles. The second kappa shape index (κ2) is 11.0. The predicted molar refractivity (Wildman–Crippen MR) is 112 cm³/mol. The summed E-state index contributed by atoms with van der Waals surface area (Å²) < 4.78 is 11.0. The third-order valence-corrected chi connectivity index (χ3v) is 5.03. The van der Waals surface area contributed by atoms with Crippen LogP contribution in [0.25, 0.3) is 0 Å². The largest absolute Gasteiger partial charge is 0.493 e. The molecule has 0 bridgehead atoms. The van der Waals surface area contributed by atoms with Crippen LogP contribution in [0.15, 0.2) is 23.2 Å². The Labute approximate surface area is 164 Å². The first kappa shape index (κ1) is 21.4. The Morgan fingerprint density at radius 3 is 2.78 bits per heavy atom. The molecule has 0 aromatic heterocycles. The van der Waals surface area contributed by atoms with E-state index in [0.717, 1.165) is 42.7 Å². The number of nitrogens with zero attached hydrogens (tertiary/aromatic N) is 3. The molecule has 1 aromatic rings. The Hall–Kier alpha value is -1.95. The first-order valence-corrected chi connectivity index (χ1v) is 10.2. The van der Waals surface area contributed by atoms with E-state index in [1.54, 1.807) is 7.11 Å². The maximum atomic E-state index is 5.68. The molecular formula is C21H36N4O2. The van der Waals surface area contributed by atoms with Crippen molar-refractivity contribution in [2.75, 3.05) is 46.9 Å². The third-order valence-electron chi connectivity index (χ3n) is 5.03.